The van der Waals surface area contributed by atoms with Crippen LogP contribution in [0.5, 0.6) is 0 Å². The number of unbranched alkanes of at least 4 members (excludes halogenated alkanes) is 36. The highest BCUT2D eigenvalue weighted by Crippen LogP contribution is 2.16. The van der Waals surface area contributed by atoms with Gasteiger partial charge in [-0.3, -0.25) is 9.59 Å². The monoisotopic (exact) mass is 769 g/mol. The minimum Gasteiger partial charge on any atom is -0.481 e. The van der Waals surface area contributed by atoms with Gasteiger partial charge in [0.2, 0.25) is 0 Å². The molecule has 0 aliphatic rings. The van der Waals surface area contributed by atoms with Crippen molar-refractivity contribution in [2.75, 3.05) is 6.61 Å². The van der Waals surface area contributed by atoms with Crippen LogP contribution >= 0.6 is 0 Å². The number of carbonyl (C=O) groups excluding carboxylic acids is 2. The molecular weight excluding hydrogens is 677 g/mol. The van der Waals surface area contributed by atoms with Gasteiger partial charge in [0, 0.05) is 12.8 Å². The van der Waals surface area contributed by atoms with E-state index in [9.17, 15) is 14.4 Å². The summed E-state index contributed by atoms with van der Waals surface area (Å²) in [6.07, 6.45) is 49.3. The molecular formula is C47H92O7. The van der Waals surface area contributed by atoms with Crippen LogP contribution in [0, 0.1) is 0 Å². The molecule has 7 nitrogen and oxygen atoms in total. The molecule has 0 aliphatic carbocycles. The molecule has 0 aliphatic heterocycles. The molecule has 322 valence electrons. The quantitative estimate of drug-likeness (QED) is 0.0321. The number of aliphatic hydroxyl groups is 2. The predicted octanol–water partition coefficient (Wildman–Crippen LogP) is 14.1. The zero-order valence-corrected chi connectivity index (χ0v) is 36.0. The lowest BCUT2D eigenvalue weighted by atomic mass is 10.0. The molecule has 0 aromatic carbocycles. The average Bonchev–Trinajstić information content (AvgIpc) is 3.16. The van der Waals surface area contributed by atoms with Crippen LogP contribution in [0.15, 0.2) is 0 Å². The van der Waals surface area contributed by atoms with Gasteiger partial charge in [-0.25, -0.2) is 4.79 Å². The van der Waals surface area contributed by atoms with E-state index in [0.29, 0.717) is 12.8 Å². The molecule has 0 rings (SSSR count). The first kappa shape index (κ1) is 54.6. The summed E-state index contributed by atoms with van der Waals surface area (Å²) >= 11 is 0. The van der Waals surface area contributed by atoms with Crippen LogP contribution in [-0.4, -0.2) is 45.9 Å². The van der Waals surface area contributed by atoms with Crippen LogP contribution in [0.1, 0.15) is 271 Å². The van der Waals surface area contributed by atoms with E-state index in [2.05, 4.69) is 18.6 Å². The molecule has 0 saturated carbocycles. The average molecular weight is 769 g/mol. The maximum atomic E-state index is 11.4. The zero-order valence-electron chi connectivity index (χ0n) is 36.0. The summed E-state index contributed by atoms with van der Waals surface area (Å²) < 4.78 is 4.45. The lowest BCUT2D eigenvalue weighted by molar-refractivity contribution is -0.167. The van der Waals surface area contributed by atoms with Crippen molar-refractivity contribution in [3.8, 4) is 0 Å². The number of aliphatic hydroxyl groups excluding tert-OH is 2. The van der Waals surface area contributed by atoms with E-state index in [1.165, 1.54) is 212 Å². The molecule has 0 spiro atoms. The number of aliphatic carboxylic acids is 1. The van der Waals surface area contributed by atoms with Crippen LogP contribution in [0.2, 0.25) is 0 Å². The van der Waals surface area contributed by atoms with E-state index in [0.717, 1.165) is 25.7 Å². The second kappa shape index (κ2) is 47.7. The fourth-order valence-electron chi connectivity index (χ4n) is 7.01. The Labute approximate surface area is 335 Å². The Hall–Kier alpha value is -1.47. The Morgan fingerprint density at radius 2 is 0.611 bits per heavy atom. The number of hydrogen-bond donors (Lipinski definition) is 3. The largest absolute Gasteiger partial charge is 0.481 e. The first-order valence-corrected chi connectivity index (χ1v) is 23.6. The van der Waals surface area contributed by atoms with Crippen molar-refractivity contribution < 1.29 is 34.4 Å². The van der Waals surface area contributed by atoms with E-state index in [4.69, 9.17) is 15.3 Å². The summed E-state index contributed by atoms with van der Waals surface area (Å²) in [5.74, 6) is -2.35. The van der Waals surface area contributed by atoms with Crippen molar-refractivity contribution in [1.29, 1.82) is 0 Å². The van der Waals surface area contributed by atoms with E-state index in [1.54, 1.807) is 0 Å². The fraction of sp³-hybridized carbons (Fsp3) is 0.936. The molecule has 1 atom stereocenters. The van der Waals surface area contributed by atoms with Crippen LogP contribution in [0.25, 0.3) is 0 Å². The Kier molecular flexibility index (Phi) is 48.2. The van der Waals surface area contributed by atoms with Crippen molar-refractivity contribution in [2.24, 2.45) is 0 Å². The second-order valence-corrected chi connectivity index (χ2v) is 16.1. The van der Waals surface area contributed by atoms with Gasteiger partial charge in [-0.1, -0.05) is 245 Å². The third-order valence-corrected chi connectivity index (χ3v) is 10.6. The highest BCUT2D eigenvalue weighted by Gasteiger charge is 2.18. The van der Waals surface area contributed by atoms with E-state index >= 15 is 0 Å². The van der Waals surface area contributed by atoms with Gasteiger partial charge >= 0.3 is 17.9 Å². The summed E-state index contributed by atoms with van der Waals surface area (Å²) in [5, 5.41) is 26.2. The molecule has 1 unspecified atom stereocenters. The molecule has 0 amide bonds. The number of hydrogen-bond acceptors (Lipinski definition) is 6. The molecule has 0 saturated heterocycles. The van der Waals surface area contributed by atoms with Gasteiger partial charge in [0.1, 0.15) is 0 Å². The number of rotatable bonds is 42. The second-order valence-electron chi connectivity index (χ2n) is 16.1. The van der Waals surface area contributed by atoms with Crippen molar-refractivity contribution >= 4 is 17.9 Å². The maximum absolute atomic E-state index is 11.4. The predicted molar refractivity (Wildman–Crippen MR) is 228 cm³/mol. The third kappa shape index (κ3) is 48.5. The molecule has 0 aromatic heterocycles. The van der Waals surface area contributed by atoms with Crippen LogP contribution < -0.4 is 0 Å². The Morgan fingerprint density at radius 3 is 0.833 bits per heavy atom. The minimum atomic E-state index is -1.63. The van der Waals surface area contributed by atoms with Crippen LogP contribution in [0.3, 0.4) is 0 Å². The van der Waals surface area contributed by atoms with Crippen LogP contribution in [-0.2, 0) is 19.1 Å². The highest BCUT2D eigenvalue weighted by molar-refractivity contribution is 5.87. The molecule has 7 heteroatoms. The van der Waals surface area contributed by atoms with Crippen molar-refractivity contribution in [1.82, 2.24) is 0 Å². The topological polar surface area (TPSA) is 121 Å². The Balaban J connectivity index is 0. The number of carbonyl (C=O) groups is 3. The van der Waals surface area contributed by atoms with E-state index < -0.39 is 30.6 Å². The lowest BCUT2D eigenvalue weighted by Crippen LogP contribution is -2.28. The summed E-state index contributed by atoms with van der Waals surface area (Å²) in [6, 6.07) is 0. The Bertz CT molecular complexity index is 771. The summed E-state index contributed by atoms with van der Waals surface area (Å²) in [6.45, 7) is 3.82. The molecule has 0 radical (unpaired) electrons. The lowest BCUT2D eigenvalue weighted by Gasteiger charge is -2.06. The molecule has 0 aromatic rings. The van der Waals surface area contributed by atoms with Gasteiger partial charge in [-0.2, -0.15) is 0 Å². The van der Waals surface area contributed by atoms with Gasteiger partial charge in [-0.15, -0.1) is 0 Å². The van der Waals surface area contributed by atoms with E-state index in [1.807, 2.05) is 0 Å². The van der Waals surface area contributed by atoms with Crippen LogP contribution in [0.4, 0.5) is 0 Å². The molecule has 3 N–H and O–H groups in total. The minimum absolute atomic E-state index is 0.183. The summed E-state index contributed by atoms with van der Waals surface area (Å²) in [5.41, 5.74) is 0. The fourth-order valence-corrected chi connectivity index (χ4v) is 7.01. The van der Waals surface area contributed by atoms with Gasteiger partial charge in [0.05, 0.1) is 6.61 Å². The first-order valence-electron chi connectivity index (χ1n) is 23.6. The SMILES string of the molecule is CCCCCCCCCCCCCCCCCCCCCC(=O)O.CCCCCCCCCCCCCCCCCCCCCC(=O)OC(=O)C(O)CO. The standard InChI is InChI=1S/C25H48O5.C22H44O2/c1-2-3-4-5-6-7-8-9-10-11-12-13-14-15-16-17-18-19-20-21-24(28)30-25(29)23(27)22-26;1-2-3-4-5-6-7-8-9-10-11-12-13-14-15-16-17-18-19-20-21-22(23)24/h23,26-27H,2-22H2,1H3;2-21H2,1H3,(H,23,24). The summed E-state index contributed by atoms with van der Waals surface area (Å²) in [4.78, 5) is 32.9. The number of carboxylic acid groups (broad SMARTS) is 1. The zero-order chi connectivity index (χ0) is 40.0. The van der Waals surface area contributed by atoms with Gasteiger partial charge in [0.25, 0.3) is 0 Å². The molecule has 54 heavy (non-hydrogen) atoms. The van der Waals surface area contributed by atoms with Crippen molar-refractivity contribution in [2.45, 2.75) is 277 Å². The van der Waals surface area contributed by atoms with Gasteiger partial charge in [-0.05, 0) is 12.8 Å². The van der Waals surface area contributed by atoms with Gasteiger partial charge in [0.15, 0.2) is 6.10 Å². The highest BCUT2D eigenvalue weighted by atomic mass is 16.6. The summed E-state index contributed by atoms with van der Waals surface area (Å²) in [7, 11) is 0. The number of carboxylic acids is 1. The molecule has 0 fully saturated rings. The smallest absolute Gasteiger partial charge is 0.345 e. The Morgan fingerprint density at radius 1 is 0.389 bits per heavy atom. The van der Waals surface area contributed by atoms with Gasteiger partial charge < -0.3 is 20.1 Å². The third-order valence-electron chi connectivity index (χ3n) is 10.6. The molecule has 0 bridgehead atoms. The molecule has 0 heterocycles. The van der Waals surface area contributed by atoms with Crippen molar-refractivity contribution in [3.63, 3.8) is 0 Å². The van der Waals surface area contributed by atoms with E-state index in [-0.39, 0.29) is 6.42 Å². The normalized spacial score (nSPS) is 11.6. The number of esters is 2. The first-order chi connectivity index (χ1) is 26.4. The maximum Gasteiger partial charge on any atom is 0.345 e. The van der Waals surface area contributed by atoms with Crippen molar-refractivity contribution in [3.05, 3.63) is 0 Å². The number of ether oxygens (including phenoxy) is 1.